The highest BCUT2D eigenvalue weighted by Crippen LogP contribution is 2.44. The van der Waals surface area contributed by atoms with Gasteiger partial charge in [-0.25, -0.2) is 4.39 Å². The van der Waals surface area contributed by atoms with E-state index in [1.807, 2.05) is 0 Å². The molecule has 1 amide bonds. The van der Waals surface area contributed by atoms with Crippen molar-refractivity contribution in [3.05, 3.63) is 102 Å². The van der Waals surface area contributed by atoms with Crippen molar-refractivity contribution in [3.63, 3.8) is 0 Å². The summed E-state index contributed by atoms with van der Waals surface area (Å²) in [5.41, 5.74) is 2.47. The molecule has 4 N–H and O–H groups in total. The molecule has 0 unspecified atom stereocenters. The summed E-state index contributed by atoms with van der Waals surface area (Å²) in [6.07, 6.45) is -5.99. The number of carboxylic acid groups (broad SMARTS) is 1. The fraction of sp³-hybridized carbons (Fsp3) is 0.212. The Morgan fingerprint density at radius 1 is 0.814 bits per heavy atom. The first-order valence-electron chi connectivity index (χ1n) is 13.6. The molecule has 4 aromatic rings. The Morgan fingerprint density at radius 2 is 1.40 bits per heavy atom. The van der Waals surface area contributed by atoms with Gasteiger partial charge in [-0.2, -0.15) is 0 Å². The van der Waals surface area contributed by atoms with Crippen LogP contribution in [-0.2, 0) is 14.4 Å². The van der Waals surface area contributed by atoms with E-state index in [1.165, 1.54) is 28.8 Å². The minimum atomic E-state index is -2.16. The topological polar surface area (TPSA) is 146 Å². The quantitative estimate of drug-likeness (QED) is 0.167. The summed E-state index contributed by atoms with van der Waals surface area (Å²) in [7, 11) is 0. The molecule has 3 aromatic carbocycles. The number of aliphatic carboxylic acids is 1. The van der Waals surface area contributed by atoms with Gasteiger partial charge in [-0.1, -0.05) is 62.4 Å². The normalized spacial score (nSPS) is 12.5. The summed E-state index contributed by atoms with van der Waals surface area (Å²) in [5.74, 6) is -4.97. The van der Waals surface area contributed by atoms with Gasteiger partial charge in [-0.15, -0.1) is 0 Å². The van der Waals surface area contributed by atoms with Crippen LogP contribution in [0.1, 0.15) is 54.9 Å². The molecule has 0 radical (unpaired) electrons. The smallest absolute Gasteiger partial charge is 0.310 e. The number of carbonyl (C=O) groups excluding carboxylic acids is 3. The fourth-order valence-electron chi connectivity index (χ4n) is 5.01. The van der Waals surface area contributed by atoms with E-state index in [0.717, 1.165) is 0 Å². The van der Waals surface area contributed by atoms with Crippen LogP contribution in [0.5, 0.6) is 0 Å². The maximum absolute atomic E-state index is 14.1. The van der Waals surface area contributed by atoms with E-state index in [-0.39, 0.29) is 17.0 Å². The van der Waals surface area contributed by atoms with Crippen LogP contribution < -0.4 is 5.32 Å². The van der Waals surface area contributed by atoms with Crippen molar-refractivity contribution >= 4 is 29.1 Å². The van der Waals surface area contributed by atoms with Gasteiger partial charge in [0.1, 0.15) is 12.2 Å². The molecule has 4 rings (SSSR count). The van der Waals surface area contributed by atoms with Crippen molar-refractivity contribution in [3.8, 4) is 22.4 Å². The molecule has 0 spiro atoms. The van der Waals surface area contributed by atoms with Crippen molar-refractivity contribution in [2.75, 3.05) is 5.32 Å². The number of amides is 1. The first-order chi connectivity index (χ1) is 20.5. The number of benzene rings is 3. The first kappa shape index (κ1) is 31.0. The number of aliphatic hydroxyl groups is 2. The molecule has 0 aliphatic carbocycles. The van der Waals surface area contributed by atoms with Crippen LogP contribution >= 0.6 is 0 Å². The number of aliphatic hydroxyl groups excluding tert-OH is 2. The van der Waals surface area contributed by atoms with Gasteiger partial charge in [0.05, 0.1) is 17.7 Å². The highest BCUT2D eigenvalue weighted by atomic mass is 19.1. The molecule has 43 heavy (non-hydrogen) atoms. The molecule has 222 valence electrons. The van der Waals surface area contributed by atoms with Crippen molar-refractivity contribution in [1.82, 2.24) is 4.57 Å². The lowest BCUT2D eigenvalue weighted by atomic mass is 9.94. The minimum Gasteiger partial charge on any atom is -0.481 e. The summed E-state index contributed by atoms with van der Waals surface area (Å²) in [4.78, 5) is 49.9. The molecule has 0 aliphatic heterocycles. The maximum atomic E-state index is 14.1. The molecule has 0 saturated carbocycles. The first-order valence-corrected chi connectivity index (χ1v) is 13.6. The van der Waals surface area contributed by atoms with E-state index in [9.17, 15) is 33.8 Å². The molecule has 0 bridgehead atoms. The largest absolute Gasteiger partial charge is 0.481 e. The number of nitrogens with zero attached hydrogens (tertiary/aromatic N) is 1. The molecule has 0 aliphatic rings. The molecule has 2 atom stereocenters. The number of para-hydroxylation sites is 1. The van der Waals surface area contributed by atoms with Gasteiger partial charge >= 0.3 is 5.97 Å². The third-order valence-electron chi connectivity index (χ3n) is 6.83. The zero-order valence-corrected chi connectivity index (χ0v) is 23.5. The van der Waals surface area contributed by atoms with Crippen LogP contribution in [-0.4, -0.2) is 49.4 Å². The van der Waals surface area contributed by atoms with Crippen LogP contribution in [0.2, 0.25) is 0 Å². The second kappa shape index (κ2) is 13.4. The molecule has 1 aromatic heterocycles. The maximum Gasteiger partial charge on any atom is 0.310 e. The lowest BCUT2D eigenvalue weighted by Crippen LogP contribution is -2.34. The molecule has 10 heteroatoms. The van der Waals surface area contributed by atoms with Crippen LogP contribution in [0.15, 0.2) is 84.9 Å². The number of aromatic nitrogens is 1. The van der Waals surface area contributed by atoms with Crippen LogP contribution in [0.3, 0.4) is 0 Å². The SMILES string of the molecule is CC(C)c1c(C(=O)Nc2ccccc2)c(-c2ccccc2)c(-c2ccc(F)cc2)n1[C@H](O)[C@@H](O)C(=O)CC(=O)CC(=O)O. The predicted octanol–water partition coefficient (Wildman–Crippen LogP) is 5.19. The molecular weight excluding hydrogens is 555 g/mol. The van der Waals surface area contributed by atoms with Gasteiger partial charge < -0.3 is 25.2 Å². The molecule has 0 saturated heterocycles. The lowest BCUT2D eigenvalue weighted by Gasteiger charge is -2.25. The van der Waals surface area contributed by atoms with Crippen molar-refractivity contribution in [2.24, 2.45) is 0 Å². The van der Waals surface area contributed by atoms with E-state index >= 15 is 0 Å². The fourth-order valence-corrected chi connectivity index (χ4v) is 5.01. The zero-order chi connectivity index (χ0) is 31.3. The van der Waals surface area contributed by atoms with E-state index in [2.05, 4.69) is 5.32 Å². The number of carboxylic acids is 1. The number of carbonyl (C=O) groups is 4. The summed E-state index contributed by atoms with van der Waals surface area (Å²) < 4.78 is 15.3. The summed E-state index contributed by atoms with van der Waals surface area (Å²) in [5, 5.41) is 34.4. The number of rotatable bonds is 12. The minimum absolute atomic E-state index is 0.157. The molecule has 9 nitrogen and oxygen atoms in total. The highest BCUT2D eigenvalue weighted by Gasteiger charge is 2.37. The average Bonchev–Trinajstić information content (AvgIpc) is 3.34. The third kappa shape index (κ3) is 6.94. The summed E-state index contributed by atoms with van der Waals surface area (Å²) in [6.45, 7) is 3.54. The van der Waals surface area contributed by atoms with Gasteiger partial charge in [0, 0.05) is 16.9 Å². The monoisotopic (exact) mass is 586 g/mol. The van der Waals surface area contributed by atoms with E-state index in [1.54, 1.807) is 74.5 Å². The second-order valence-electron chi connectivity index (χ2n) is 10.3. The Balaban J connectivity index is 2.00. The molecular formula is C33H31FN2O7. The highest BCUT2D eigenvalue weighted by molar-refractivity contribution is 6.12. The zero-order valence-electron chi connectivity index (χ0n) is 23.5. The second-order valence-corrected chi connectivity index (χ2v) is 10.3. The lowest BCUT2D eigenvalue weighted by molar-refractivity contribution is -0.143. The van der Waals surface area contributed by atoms with E-state index < -0.39 is 60.4 Å². The Morgan fingerprint density at radius 3 is 1.95 bits per heavy atom. The van der Waals surface area contributed by atoms with Gasteiger partial charge in [-0.3, -0.25) is 19.2 Å². The van der Waals surface area contributed by atoms with Gasteiger partial charge in [0.15, 0.2) is 23.9 Å². The van der Waals surface area contributed by atoms with Crippen LogP contribution in [0, 0.1) is 5.82 Å². The van der Waals surface area contributed by atoms with E-state index in [4.69, 9.17) is 5.11 Å². The number of nitrogens with one attached hydrogen (secondary N) is 1. The van der Waals surface area contributed by atoms with Gasteiger partial charge in [-0.05, 0) is 53.4 Å². The number of ketones is 2. The summed E-state index contributed by atoms with van der Waals surface area (Å²) in [6, 6.07) is 22.9. The number of hydrogen-bond acceptors (Lipinski definition) is 6. The number of anilines is 1. The number of hydrogen-bond donors (Lipinski definition) is 4. The van der Waals surface area contributed by atoms with Crippen molar-refractivity contribution < 1.29 is 38.9 Å². The Kier molecular flexibility index (Phi) is 9.64. The van der Waals surface area contributed by atoms with Crippen LogP contribution in [0.4, 0.5) is 10.1 Å². The predicted molar refractivity (Wildman–Crippen MR) is 158 cm³/mol. The molecule has 0 fully saturated rings. The van der Waals surface area contributed by atoms with Gasteiger partial charge in [0.25, 0.3) is 5.91 Å². The van der Waals surface area contributed by atoms with Crippen LogP contribution in [0.25, 0.3) is 22.4 Å². The summed E-state index contributed by atoms with van der Waals surface area (Å²) >= 11 is 0. The Labute approximate surface area is 247 Å². The number of halogens is 1. The average molecular weight is 587 g/mol. The standard InChI is InChI=1S/C33H31FN2O7/c1-19(2)29-28(32(42)35-23-11-7-4-8-12-23)27(20-9-5-3-6-10-20)30(21-13-15-22(34)16-14-21)36(29)33(43)31(41)25(38)17-24(37)18-26(39)40/h3-16,19,31,33,41,43H,17-18H2,1-2H3,(H,35,42)(H,39,40)/t31-,33+/m0/s1. The number of Topliss-reactive ketones (excluding diaryl/α,β-unsaturated/α-hetero) is 2. The van der Waals surface area contributed by atoms with Crippen molar-refractivity contribution in [2.45, 2.75) is 44.9 Å². The van der Waals surface area contributed by atoms with Crippen molar-refractivity contribution in [1.29, 1.82) is 0 Å². The Hall–Kier alpha value is -4.93. The van der Waals surface area contributed by atoms with Gasteiger partial charge in [0.2, 0.25) is 0 Å². The third-order valence-corrected chi connectivity index (χ3v) is 6.83. The van der Waals surface area contributed by atoms with E-state index in [0.29, 0.717) is 22.4 Å². The Bertz CT molecular complexity index is 1630. The molecule has 1 heterocycles.